The van der Waals surface area contributed by atoms with Gasteiger partial charge in [0.15, 0.2) is 0 Å². The third-order valence-electron chi connectivity index (χ3n) is 3.28. The summed E-state index contributed by atoms with van der Waals surface area (Å²) >= 11 is 0. The van der Waals surface area contributed by atoms with Gasteiger partial charge >= 0.3 is 0 Å². The van der Waals surface area contributed by atoms with Gasteiger partial charge in [0, 0.05) is 0 Å². The van der Waals surface area contributed by atoms with E-state index in [-0.39, 0.29) is 5.82 Å². The maximum Gasteiger partial charge on any atom is 0.126 e. The van der Waals surface area contributed by atoms with Gasteiger partial charge in [-0.3, -0.25) is 0 Å². The van der Waals surface area contributed by atoms with Crippen LogP contribution >= 0.6 is 0 Å². The SMILES string of the molecule is COc1ccc(C(O)c2ccc(C)c(F)c2)c(C)c1. The standard InChI is InChI=1S/C16H17FO2/c1-10-4-5-12(9-15(10)17)16(18)14-7-6-13(19-3)8-11(14)2/h4-9,16,18H,1-3H3. The molecule has 2 aromatic rings. The van der Waals surface area contributed by atoms with E-state index in [0.29, 0.717) is 11.1 Å². The maximum absolute atomic E-state index is 13.5. The number of aliphatic hydroxyl groups is 1. The van der Waals surface area contributed by atoms with Crippen LogP contribution < -0.4 is 4.74 Å². The summed E-state index contributed by atoms with van der Waals surface area (Å²) in [5.41, 5.74) is 2.79. The van der Waals surface area contributed by atoms with E-state index in [1.54, 1.807) is 38.3 Å². The highest BCUT2D eigenvalue weighted by molar-refractivity contribution is 5.40. The molecule has 19 heavy (non-hydrogen) atoms. The van der Waals surface area contributed by atoms with Gasteiger partial charge in [0.25, 0.3) is 0 Å². The van der Waals surface area contributed by atoms with Gasteiger partial charge in [0.2, 0.25) is 0 Å². The van der Waals surface area contributed by atoms with Gasteiger partial charge in [0.1, 0.15) is 17.7 Å². The molecule has 0 amide bonds. The van der Waals surface area contributed by atoms with Crippen molar-refractivity contribution in [3.05, 3.63) is 64.5 Å². The summed E-state index contributed by atoms with van der Waals surface area (Å²) in [5.74, 6) is 0.436. The fourth-order valence-electron chi connectivity index (χ4n) is 2.04. The van der Waals surface area contributed by atoms with Crippen molar-refractivity contribution in [2.75, 3.05) is 7.11 Å². The van der Waals surface area contributed by atoms with Crippen LogP contribution in [-0.4, -0.2) is 12.2 Å². The molecule has 0 radical (unpaired) electrons. The third-order valence-corrected chi connectivity index (χ3v) is 3.28. The molecule has 0 saturated heterocycles. The molecule has 0 fully saturated rings. The molecule has 1 atom stereocenters. The second-order valence-corrected chi connectivity index (χ2v) is 4.63. The average Bonchev–Trinajstić information content (AvgIpc) is 2.41. The monoisotopic (exact) mass is 260 g/mol. The van der Waals surface area contributed by atoms with E-state index in [1.807, 2.05) is 13.0 Å². The minimum atomic E-state index is -0.832. The Morgan fingerprint density at radius 3 is 2.37 bits per heavy atom. The molecule has 100 valence electrons. The van der Waals surface area contributed by atoms with Crippen LogP contribution in [-0.2, 0) is 0 Å². The summed E-state index contributed by atoms with van der Waals surface area (Å²) < 4.78 is 18.7. The number of methoxy groups -OCH3 is 1. The van der Waals surface area contributed by atoms with E-state index in [0.717, 1.165) is 16.9 Å². The second kappa shape index (κ2) is 5.41. The number of aryl methyl sites for hydroxylation is 2. The number of rotatable bonds is 3. The minimum Gasteiger partial charge on any atom is -0.497 e. The Kier molecular flexibility index (Phi) is 3.86. The summed E-state index contributed by atoms with van der Waals surface area (Å²) in [7, 11) is 1.60. The predicted molar refractivity (Wildman–Crippen MR) is 72.9 cm³/mol. The quantitative estimate of drug-likeness (QED) is 0.914. The summed E-state index contributed by atoms with van der Waals surface area (Å²) in [6, 6.07) is 10.2. The average molecular weight is 260 g/mol. The predicted octanol–water partition coefficient (Wildman–Crippen LogP) is 3.53. The highest BCUT2D eigenvalue weighted by Gasteiger charge is 2.14. The molecule has 0 aliphatic rings. The zero-order valence-electron chi connectivity index (χ0n) is 11.3. The van der Waals surface area contributed by atoms with Crippen LogP contribution in [0.25, 0.3) is 0 Å². The van der Waals surface area contributed by atoms with E-state index in [9.17, 15) is 9.50 Å². The van der Waals surface area contributed by atoms with Crippen LogP contribution in [0.4, 0.5) is 4.39 Å². The Bertz CT molecular complexity index is 593. The Balaban J connectivity index is 2.38. The molecule has 1 unspecified atom stereocenters. The van der Waals surface area contributed by atoms with E-state index in [1.165, 1.54) is 6.07 Å². The number of halogens is 1. The molecular weight excluding hydrogens is 243 g/mol. The molecule has 3 heteroatoms. The zero-order chi connectivity index (χ0) is 14.0. The lowest BCUT2D eigenvalue weighted by Crippen LogP contribution is -2.03. The first-order valence-corrected chi connectivity index (χ1v) is 6.11. The van der Waals surface area contributed by atoms with Gasteiger partial charge in [-0.05, 0) is 54.3 Å². The molecule has 0 heterocycles. The van der Waals surface area contributed by atoms with Crippen LogP contribution in [0.5, 0.6) is 5.75 Å². The molecule has 0 aromatic heterocycles. The van der Waals surface area contributed by atoms with Gasteiger partial charge in [-0.15, -0.1) is 0 Å². The van der Waals surface area contributed by atoms with Crippen molar-refractivity contribution < 1.29 is 14.2 Å². The third kappa shape index (κ3) is 2.76. The molecule has 2 rings (SSSR count). The van der Waals surface area contributed by atoms with Crippen LogP contribution in [0, 0.1) is 19.7 Å². The topological polar surface area (TPSA) is 29.5 Å². The van der Waals surface area contributed by atoms with Gasteiger partial charge in [-0.25, -0.2) is 4.39 Å². The van der Waals surface area contributed by atoms with E-state index < -0.39 is 6.10 Å². The van der Waals surface area contributed by atoms with E-state index in [4.69, 9.17) is 4.74 Å². The van der Waals surface area contributed by atoms with Crippen molar-refractivity contribution in [2.24, 2.45) is 0 Å². The van der Waals surface area contributed by atoms with Gasteiger partial charge < -0.3 is 9.84 Å². The van der Waals surface area contributed by atoms with Crippen LogP contribution in [0.3, 0.4) is 0 Å². The molecule has 0 aliphatic carbocycles. The normalized spacial score (nSPS) is 12.3. The summed E-state index contributed by atoms with van der Waals surface area (Å²) in [6.07, 6.45) is -0.832. The van der Waals surface area contributed by atoms with Gasteiger partial charge in [-0.2, -0.15) is 0 Å². The first-order chi connectivity index (χ1) is 9.02. The van der Waals surface area contributed by atoms with Crippen molar-refractivity contribution in [1.29, 1.82) is 0 Å². The van der Waals surface area contributed by atoms with Gasteiger partial charge in [0.05, 0.1) is 7.11 Å². The Hall–Kier alpha value is -1.87. The lowest BCUT2D eigenvalue weighted by atomic mass is 9.96. The second-order valence-electron chi connectivity index (χ2n) is 4.63. The van der Waals surface area contributed by atoms with Crippen molar-refractivity contribution >= 4 is 0 Å². The van der Waals surface area contributed by atoms with Crippen molar-refractivity contribution in [2.45, 2.75) is 20.0 Å². The Labute approximate surface area is 112 Å². The Morgan fingerprint density at radius 1 is 1.05 bits per heavy atom. The lowest BCUT2D eigenvalue weighted by molar-refractivity contribution is 0.219. The fraction of sp³-hybridized carbons (Fsp3) is 0.250. The zero-order valence-corrected chi connectivity index (χ0v) is 11.3. The van der Waals surface area contributed by atoms with Crippen molar-refractivity contribution in [1.82, 2.24) is 0 Å². The lowest BCUT2D eigenvalue weighted by Gasteiger charge is -2.15. The molecule has 2 nitrogen and oxygen atoms in total. The summed E-state index contributed by atoms with van der Waals surface area (Å²) in [4.78, 5) is 0. The highest BCUT2D eigenvalue weighted by atomic mass is 19.1. The van der Waals surface area contributed by atoms with Crippen molar-refractivity contribution in [3.63, 3.8) is 0 Å². The molecule has 0 saturated carbocycles. The molecule has 0 bridgehead atoms. The number of benzene rings is 2. The van der Waals surface area contributed by atoms with Gasteiger partial charge in [-0.1, -0.05) is 18.2 Å². The molecular formula is C16H17FO2. The van der Waals surface area contributed by atoms with Crippen LogP contribution in [0.2, 0.25) is 0 Å². The highest BCUT2D eigenvalue weighted by Crippen LogP contribution is 2.28. The number of aliphatic hydroxyl groups excluding tert-OH is 1. The number of hydrogen-bond acceptors (Lipinski definition) is 2. The van der Waals surface area contributed by atoms with E-state index in [2.05, 4.69) is 0 Å². The molecule has 0 aliphatic heterocycles. The maximum atomic E-state index is 13.5. The first-order valence-electron chi connectivity index (χ1n) is 6.11. The summed E-state index contributed by atoms with van der Waals surface area (Å²) in [5, 5.41) is 10.3. The molecule has 1 N–H and O–H groups in total. The number of hydrogen-bond donors (Lipinski definition) is 1. The van der Waals surface area contributed by atoms with Crippen LogP contribution in [0.1, 0.15) is 28.4 Å². The smallest absolute Gasteiger partial charge is 0.126 e. The Morgan fingerprint density at radius 2 is 1.79 bits per heavy atom. The largest absolute Gasteiger partial charge is 0.497 e. The fourth-order valence-corrected chi connectivity index (χ4v) is 2.04. The minimum absolute atomic E-state index is 0.303. The first kappa shape index (κ1) is 13.6. The molecule has 0 spiro atoms. The van der Waals surface area contributed by atoms with Crippen LogP contribution in [0.15, 0.2) is 36.4 Å². The number of ether oxygens (including phenoxy) is 1. The summed E-state index contributed by atoms with van der Waals surface area (Å²) in [6.45, 7) is 3.59. The molecule has 2 aromatic carbocycles. The van der Waals surface area contributed by atoms with Crippen molar-refractivity contribution in [3.8, 4) is 5.75 Å². The van der Waals surface area contributed by atoms with E-state index >= 15 is 0 Å².